The largest absolute Gasteiger partial charge is 0.360 e. The zero-order valence-corrected chi connectivity index (χ0v) is 14.4. The van der Waals surface area contributed by atoms with Gasteiger partial charge in [0.15, 0.2) is 5.11 Å². The number of nitrogens with one attached hydrogen (secondary N) is 1. The Hall–Kier alpha value is -0.310. The molecule has 116 valence electrons. The number of hydrogen-bond acceptors (Lipinski definition) is 1. The number of likely N-dealkylation sites (tertiary alicyclic amines) is 1. The molecule has 1 unspecified atom stereocenters. The molecule has 0 aromatic carbocycles. The molecular weight excluding hydrogens is 264 g/mol. The molecule has 1 heterocycles. The summed E-state index contributed by atoms with van der Waals surface area (Å²) >= 11 is 5.66. The van der Waals surface area contributed by atoms with Crippen LogP contribution in [0.15, 0.2) is 0 Å². The van der Waals surface area contributed by atoms with Crippen molar-refractivity contribution in [1.82, 2.24) is 10.2 Å². The van der Waals surface area contributed by atoms with Gasteiger partial charge in [-0.1, -0.05) is 40.0 Å². The third-order valence-electron chi connectivity index (χ3n) is 5.17. The number of thiocarbonyl (C=S) groups is 1. The maximum atomic E-state index is 5.66. The van der Waals surface area contributed by atoms with E-state index in [2.05, 4.69) is 31.0 Å². The first-order valence-corrected chi connectivity index (χ1v) is 8.93. The number of hydrogen-bond donors (Lipinski definition) is 1. The molecule has 3 heteroatoms. The summed E-state index contributed by atoms with van der Waals surface area (Å²) in [5.41, 5.74) is 0.439. The Morgan fingerprint density at radius 3 is 2.30 bits per heavy atom. The lowest BCUT2D eigenvalue weighted by Crippen LogP contribution is -2.45. The monoisotopic (exact) mass is 296 g/mol. The fraction of sp³-hybridized carbons (Fsp3) is 0.941. The van der Waals surface area contributed by atoms with Crippen molar-refractivity contribution >= 4 is 17.3 Å². The first kappa shape index (κ1) is 16.1. The van der Waals surface area contributed by atoms with E-state index in [-0.39, 0.29) is 0 Å². The average Bonchev–Trinajstić information content (AvgIpc) is 2.65. The second-order valence-corrected chi connectivity index (χ2v) is 8.15. The zero-order valence-electron chi connectivity index (χ0n) is 13.6. The molecule has 0 amide bonds. The van der Waals surface area contributed by atoms with Crippen molar-refractivity contribution in [3.63, 3.8) is 0 Å². The summed E-state index contributed by atoms with van der Waals surface area (Å²) in [4.78, 5) is 2.43. The molecule has 1 aliphatic carbocycles. The van der Waals surface area contributed by atoms with Gasteiger partial charge in [-0.3, -0.25) is 0 Å². The lowest BCUT2D eigenvalue weighted by atomic mass is 9.77. The summed E-state index contributed by atoms with van der Waals surface area (Å²) in [5.74, 6) is 0.838. The van der Waals surface area contributed by atoms with E-state index in [1.807, 2.05) is 0 Å². The van der Waals surface area contributed by atoms with Gasteiger partial charge in [-0.25, -0.2) is 0 Å². The van der Waals surface area contributed by atoms with Gasteiger partial charge >= 0.3 is 0 Å². The van der Waals surface area contributed by atoms with Crippen LogP contribution in [-0.2, 0) is 0 Å². The third kappa shape index (κ3) is 4.61. The molecule has 20 heavy (non-hydrogen) atoms. The van der Waals surface area contributed by atoms with E-state index in [9.17, 15) is 0 Å². The summed E-state index contributed by atoms with van der Waals surface area (Å²) in [5, 5.41) is 4.65. The Morgan fingerprint density at radius 1 is 0.950 bits per heavy atom. The molecule has 0 spiro atoms. The van der Waals surface area contributed by atoms with Gasteiger partial charge in [0, 0.05) is 19.1 Å². The van der Waals surface area contributed by atoms with Crippen LogP contribution in [0.5, 0.6) is 0 Å². The minimum atomic E-state index is 0.439. The molecule has 2 fully saturated rings. The van der Waals surface area contributed by atoms with E-state index in [0.29, 0.717) is 11.5 Å². The van der Waals surface area contributed by atoms with Crippen molar-refractivity contribution < 1.29 is 0 Å². The molecule has 2 rings (SSSR count). The predicted octanol–water partition coefficient (Wildman–Crippen LogP) is 4.34. The van der Waals surface area contributed by atoms with Gasteiger partial charge < -0.3 is 10.2 Å². The van der Waals surface area contributed by atoms with Crippen LogP contribution in [0.25, 0.3) is 0 Å². The van der Waals surface area contributed by atoms with Crippen molar-refractivity contribution in [2.24, 2.45) is 11.3 Å². The lowest BCUT2D eigenvalue weighted by Gasteiger charge is -2.31. The maximum absolute atomic E-state index is 5.66. The maximum Gasteiger partial charge on any atom is 0.169 e. The van der Waals surface area contributed by atoms with E-state index >= 15 is 0 Å². The Labute approximate surface area is 130 Å². The Kier molecular flexibility index (Phi) is 5.71. The van der Waals surface area contributed by atoms with Gasteiger partial charge in [-0.15, -0.1) is 0 Å². The van der Waals surface area contributed by atoms with Crippen molar-refractivity contribution in [2.75, 3.05) is 13.1 Å². The van der Waals surface area contributed by atoms with Gasteiger partial charge in [-0.05, 0) is 55.7 Å². The Bertz CT molecular complexity index is 315. The Balaban J connectivity index is 1.81. The summed E-state index contributed by atoms with van der Waals surface area (Å²) in [6, 6.07) is 0.637. The molecular formula is C17H32N2S. The van der Waals surface area contributed by atoms with Crippen molar-refractivity contribution in [3.05, 3.63) is 0 Å². The van der Waals surface area contributed by atoms with E-state index in [0.717, 1.165) is 24.1 Å². The van der Waals surface area contributed by atoms with Gasteiger partial charge in [0.05, 0.1) is 0 Å². The normalized spacial score (nSPS) is 26.1. The van der Waals surface area contributed by atoms with Crippen LogP contribution >= 0.6 is 12.2 Å². The standard InChI is InChI=1S/C17H32N2S/c1-17(2,3)14-8-7-12-19(13-11-14)16(20)18-15-9-5-4-6-10-15/h14-15H,4-13H2,1-3H3,(H,18,20). The fourth-order valence-corrected chi connectivity index (χ4v) is 4.03. The second kappa shape index (κ2) is 7.11. The van der Waals surface area contributed by atoms with Crippen LogP contribution in [0.2, 0.25) is 0 Å². The highest BCUT2D eigenvalue weighted by atomic mass is 32.1. The fourth-order valence-electron chi connectivity index (χ4n) is 3.68. The molecule has 2 nitrogen and oxygen atoms in total. The van der Waals surface area contributed by atoms with Gasteiger partial charge in [0.2, 0.25) is 0 Å². The van der Waals surface area contributed by atoms with Crippen molar-refractivity contribution in [1.29, 1.82) is 0 Å². The molecule has 0 radical (unpaired) electrons. The summed E-state index contributed by atoms with van der Waals surface area (Å²) in [6.07, 6.45) is 10.7. The van der Waals surface area contributed by atoms with Gasteiger partial charge in [-0.2, -0.15) is 0 Å². The van der Waals surface area contributed by atoms with Gasteiger partial charge in [0.25, 0.3) is 0 Å². The van der Waals surface area contributed by atoms with Crippen LogP contribution in [0.3, 0.4) is 0 Å². The van der Waals surface area contributed by atoms with E-state index in [1.54, 1.807) is 0 Å². The second-order valence-electron chi connectivity index (χ2n) is 7.77. The molecule has 0 bridgehead atoms. The topological polar surface area (TPSA) is 15.3 Å². The Morgan fingerprint density at radius 2 is 1.65 bits per heavy atom. The molecule has 1 aliphatic heterocycles. The van der Waals surface area contributed by atoms with Crippen LogP contribution < -0.4 is 5.32 Å². The van der Waals surface area contributed by atoms with E-state index in [4.69, 9.17) is 12.2 Å². The number of rotatable bonds is 1. The highest BCUT2D eigenvalue weighted by Gasteiger charge is 2.28. The molecule has 0 aromatic rings. The smallest absolute Gasteiger partial charge is 0.169 e. The molecule has 1 saturated heterocycles. The molecule has 1 N–H and O–H groups in total. The summed E-state index contributed by atoms with van der Waals surface area (Å²) in [6.45, 7) is 9.43. The van der Waals surface area contributed by atoms with Crippen LogP contribution in [0.4, 0.5) is 0 Å². The summed E-state index contributed by atoms with van der Waals surface area (Å²) < 4.78 is 0. The summed E-state index contributed by atoms with van der Waals surface area (Å²) in [7, 11) is 0. The lowest BCUT2D eigenvalue weighted by molar-refractivity contribution is 0.216. The molecule has 0 aromatic heterocycles. The predicted molar refractivity (Wildman–Crippen MR) is 91.0 cm³/mol. The number of nitrogens with zero attached hydrogens (tertiary/aromatic N) is 1. The first-order valence-electron chi connectivity index (χ1n) is 8.52. The van der Waals surface area contributed by atoms with Crippen molar-refractivity contribution in [3.8, 4) is 0 Å². The molecule has 2 aliphatic rings. The first-order chi connectivity index (χ1) is 9.47. The minimum absolute atomic E-state index is 0.439. The van der Waals surface area contributed by atoms with Gasteiger partial charge in [0.1, 0.15) is 0 Å². The van der Waals surface area contributed by atoms with Crippen LogP contribution in [0.1, 0.15) is 72.1 Å². The SMILES string of the molecule is CC(C)(C)C1CCCN(C(=S)NC2CCCCC2)CC1. The van der Waals surface area contributed by atoms with E-state index < -0.39 is 0 Å². The highest BCUT2D eigenvalue weighted by Crippen LogP contribution is 2.34. The molecule has 1 atom stereocenters. The minimum Gasteiger partial charge on any atom is -0.360 e. The highest BCUT2D eigenvalue weighted by molar-refractivity contribution is 7.80. The van der Waals surface area contributed by atoms with Crippen molar-refractivity contribution in [2.45, 2.75) is 78.2 Å². The third-order valence-corrected chi connectivity index (χ3v) is 5.55. The van der Waals surface area contributed by atoms with Crippen LogP contribution in [-0.4, -0.2) is 29.1 Å². The molecule has 1 saturated carbocycles. The average molecular weight is 297 g/mol. The van der Waals surface area contributed by atoms with Crippen LogP contribution in [0, 0.1) is 11.3 Å². The quantitative estimate of drug-likeness (QED) is 0.725. The zero-order chi connectivity index (χ0) is 14.6. The van der Waals surface area contributed by atoms with E-state index in [1.165, 1.54) is 51.4 Å².